The van der Waals surface area contributed by atoms with Gasteiger partial charge in [0.2, 0.25) is 10.0 Å². The van der Waals surface area contributed by atoms with E-state index in [1.54, 1.807) is 12.1 Å². The van der Waals surface area contributed by atoms with Gasteiger partial charge in [0, 0.05) is 12.5 Å². The molecule has 0 amide bonds. The van der Waals surface area contributed by atoms with Crippen LogP contribution in [0.3, 0.4) is 0 Å². The average molecular weight is 434 g/mol. The summed E-state index contributed by atoms with van der Waals surface area (Å²) in [7, 11) is -2.14. The van der Waals surface area contributed by atoms with Crippen LogP contribution in [0.1, 0.15) is 62.6 Å². The Labute approximate surface area is 179 Å². The molecule has 164 valence electrons. The smallest absolute Gasteiger partial charge is 0.303 e. The molecule has 1 unspecified atom stereocenters. The van der Waals surface area contributed by atoms with Crippen molar-refractivity contribution < 1.29 is 23.1 Å². The van der Waals surface area contributed by atoms with Crippen LogP contribution in [0.4, 0.5) is 0 Å². The van der Waals surface area contributed by atoms with Crippen LogP contribution in [0.2, 0.25) is 0 Å². The van der Waals surface area contributed by atoms with Crippen LogP contribution >= 0.6 is 0 Å². The molecule has 6 nitrogen and oxygen atoms in total. The molecule has 0 fully saturated rings. The van der Waals surface area contributed by atoms with Crippen molar-refractivity contribution in [3.8, 4) is 5.75 Å². The summed E-state index contributed by atoms with van der Waals surface area (Å²) in [5, 5.41) is 8.77. The fraction of sp³-hybridized carbons (Fsp3) is 0.435. The lowest BCUT2D eigenvalue weighted by Crippen LogP contribution is -2.28. The van der Waals surface area contributed by atoms with E-state index in [2.05, 4.69) is 11.6 Å². The fourth-order valence-corrected chi connectivity index (χ4v) is 4.52. The standard InChI is InChI=1S/C23H31NO5S/c1-3-4-5-8-22(19-12-10-18(11-13-19)7-6-9-23(25)26)24-30(27,28)21-16-14-20(29-2)15-17-21/h10-17,22,24H,3-9H2,1-2H3,(H,25,26). The summed E-state index contributed by atoms with van der Waals surface area (Å²) in [4.78, 5) is 10.9. The molecule has 0 aromatic heterocycles. The van der Waals surface area contributed by atoms with Gasteiger partial charge in [0.05, 0.1) is 12.0 Å². The molecule has 0 saturated carbocycles. The highest BCUT2D eigenvalue weighted by atomic mass is 32.2. The first-order valence-electron chi connectivity index (χ1n) is 10.3. The first kappa shape index (κ1) is 23.9. The number of carbonyl (C=O) groups is 1. The molecule has 0 aliphatic rings. The van der Waals surface area contributed by atoms with Crippen molar-refractivity contribution in [3.63, 3.8) is 0 Å². The molecular formula is C23H31NO5S. The zero-order chi connectivity index (χ0) is 22.0. The molecule has 1 atom stereocenters. The summed E-state index contributed by atoms with van der Waals surface area (Å²) in [5.41, 5.74) is 1.95. The van der Waals surface area contributed by atoms with Gasteiger partial charge in [-0.2, -0.15) is 0 Å². The van der Waals surface area contributed by atoms with Crippen molar-refractivity contribution in [1.29, 1.82) is 0 Å². The van der Waals surface area contributed by atoms with Gasteiger partial charge >= 0.3 is 5.97 Å². The number of rotatable bonds is 13. The number of carboxylic acid groups (broad SMARTS) is 1. The molecule has 0 aliphatic heterocycles. The second-order valence-corrected chi connectivity index (χ2v) is 9.05. The van der Waals surface area contributed by atoms with Crippen molar-refractivity contribution in [2.24, 2.45) is 0 Å². The van der Waals surface area contributed by atoms with Crippen molar-refractivity contribution in [1.82, 2.24) is 4.72 Å². The Bertz CT molecular complexity index is 892. The molecule has 0 aliphatic carbocycles. The van der Waals surface area contributed by atoms with Crippen molar-refractivity contribution in [2.75, 3.05) is 7.11 Å². The number of sulfonamides is 1. The molecule has 2 N–H and O–H groups in total. The molecule has 0 bridgehead atoms. The number of benzene rings is 2. The van der Waals surface area contributed by atoms with Gasteiger partial charge in [-0.25, -0.2) is 13.1 Å². The Morgan fingerprint density at radius 3 is 2.27 bits per heavy atom. The monoisotopic (exact) mass is 433 g/mol. The van der Waals surface area contributed by atoms with Gasteiger partial charge in [-0.1, -0.05) is 50.5 Å². The summed E-state index contributed by atoms with van der Waals surface area (Å²) >= 11 is 0. The SMILES string of the molecule is CCCCCC(NS(=O)(=O)c1ccc(OC)cc1)c1ccc(CCCC(=O)O)cc1. The molecule has 0 radical (unpaired) electrons. The zero-order valence-electron chi connectivity index (χ0n) is 17.6. The summed E-state index contributed by atoms with van der Waals surface area (Å²) in [6.45, 7) is 2.11. The number of unbranched alkanes of at least 4 members (excludes halogenated alkanes) is 2. The second kappa shape index (κ2) is 11.7. The van der Waals surface area contributed by atoms with E-state index >= 15 is 0 Å². The highest BCUT2D eigenvalue weighted by Crippen LogP contribution is 2.24. The summed E-state index contributed by atoms with van der Waals surface area (Å²) < 4.78 is 33.8. The number of aliphatic carboxylic acids is 1. The molecule has 2 aromatic carbocycles. The number of methoxy groups -OCH3 is 1. The van der Waals surface area contributed by atoms with E-state index in [4.69, 9.17) is 9.84 Å². The number of hydrogen-bond donors (Lipinski definition) is 2. The summed E-state index contributed by atoms with van der Waals surface area (Å²) in [6, 6.07) is 13.8. The fourth-order valence-electron chi connectivity index (χ4n) is 3.26. The van der Waals surface area contributed by atoms with E-state index in [1.807, 2.05) is 24.3 Å². The van der Waals surface area contributed by atoms with Crippen molar-refractivity contribution in [3.05, 3.63) is 59.7 Å². The minimum atomic E-state index is -3.67. The Morgan fingerprint density at radius 1 is 1.03 bits per heavy atom. The van der Waals surface area contributed by atoms with Gasteiger partial charge in [-0.15, -0.1) is 0 Å². The molecule has 0 spiro atoms. The van der Waals surface area contributed by atoms with E-state index in [-0.39, 0.29) is 17.4 Å². The number of hydrogen-bond acceptors (Lipinski definition) is 4. The van der Waals surface area contributed by atoms with E-state index in [0.717, 1.165) is 30.4 Å². The normalized spacial score (nSPS) is 12.5. The number of ether oxygens (including phenoxy) is 1. The Morgan fingerprint density at radius 2 is 1.70 bits per heavy atom. The Balaban J connectivity index is 2.14. The first-order chi connectivity index (χ1) is 14.4. The second-order valence-electron chi connectivity index (χ2n) is 7.33. The topological polar surface area (TPSA) is 92.7 Å². The number of nitrogens with one attached hydrogen (secondary N) is 1. The van der Waals surface area contributed by atoms with Gasteiger partial charge in [-0.3, -0.25) is 4.79 Å². The van der Waals surface area contributed by atoms with Crippen LogP contribution in [0.25, 0.3) is 0 Å². The Kier molecular flexibility index (Phi) is 9.33. The third kappa shape index (κ3) is 7.46. The maximum Gasteiger partial charge on any atom is 0.303 e. The minimum Gasteiger partial charge on any atom is -0.497 e. The molecule has 7 heteroatoms. The van der Waals surface area contributed by atoms with E-state index in [9.17, 15) is 13.2 Å². The maximum absolute atomic E-state index is 12.9. The lowest BCUT2D eigenvalue weighted by atomic mass is 9.99. The molecule has 30 heavy (non-hydrogen) atoms. The first-order valence-corrected chi connectivity index (χ1v) is 11.8. The quantitative estimate of drug-likeness (QED) is 0.447. The third-order valence-corrected chi connectivity index (χ3v) is 6.49. The van der Waals surface area contributed by atoms with E-state index < -0.39 is 16.0 Å². The van der Waals surface area contributed by atoms with Gasteiger partial charge in [-0.05, 0) is 54.7 Å². The van der Waals surface area contributed by atoms with Crippen LogP contribution in [0, 0.1) is 0 Å². The van der Waals surface area contributed by atoms with Gasteiger partial charge in [0.1, 0.15) is 5.75 Å². The highest BCUT2D eigenvalue weighted by molar-refractivity contribution is 7.89. The largest absolute Gasteiger partial charge is 0.497 e. The van der Waals surface area contributed by atoms with Crippen molar-refractivity contribution in [2.45, 2.75) is 62.8 Å². The number of carboxylic acids is 1. The van der Waals surface area contributed by atoms with Gasteiger partial charge in [0.15, 0.2) is 0 Å². The van der Waals surface area contributed by atoms with Crippen LogP contribution in [-0.4, -0.2) is 26.6 Å². The van der Waals surface area contributed by atoms with E-state index in [1.165, 1.54) is 19.2 Å². The predicted octanol–water partition coefficient (Wildman–Crippen LogP) is 4.70. The lowest BCUT2D eigenvalue weighted by molar-refractivity contribution is -0.137. The third-order valence-electron chi connectivity index (χ3n) is 5.00. The molecule has 2 rings (SSSR count). The van der Waals surface area contributed by atoms with Gasteiger partial charge in [0.25, 0.3) is 0 Å². The average Bonchev–Trinajstić information content (AvgIpc) is 2.73. The molecule has 2 aromatic rings. The molecule has 0 heterocycles. The lowest BCUT2D eigenvalue weighted by Gasteiger charge is -2.20. The van der Waals surface area contributed by atoms with Crippen LogP contribution in [0.5, 0.6) is 5.75 Å². The van der Waals surface area contributed by atoms with Crippen molar-refractivity contribution >= 4 is 16.0 Å². The number of aryl methyl sites for hydroxylation is 1. The summed E-state index contributed by atoms with van der Waals surface area (Å²) in [6.07, 6.45) is 5.13. The summed E-state index contributed by atoms with van der Waals surface area (Å²) in [5.74, 6) is -0.192. The minimum absolute atomic E-state index is 0.142. The molecular weight excluding hydrogens is 402 g/mol. The van der Waals surface area contributed by atoms with Crippen LogP contribution < -0.4 is 9.46 Å². The Hall–Kier alpha value is -2.38. The highest BCUT2D eigenvalue weighted by Gasteiger charge is 2.21. The maximum atomic E-state index is 12.9. The van der Waals surface area contributed by atoms with E-state index in [0.29, 0.717) is 25.0 Å². The predicted molar refractivity (Wildman–Crippen MR) is 117 cm³/mol. The van der Waals surface area contributed by atoms with Crippen LogP contribution in [0.15, 0.2) is 53.4 Å². The van der Waals surface area contributed by atoms with Gasteiger partial charge < -0.3 is 9.84 Å². The zero-order valence-corrected chi connectivity index (χ0v) is 18.5. The molecule has 0 saturated heterocycles. The van der Waals surface area contributed by atoms with Crippen LogP contribution in [-0.2, 0) is 21.2 Å².